The van der Waals surface area contributed by atoms with E-state index < -0.39 is 0 Å². The molecule has 1 fully saturated rings. The van der Waals surface area contributed by atoms with Crippen LogP contribution in [-0.4, -0.2) is 5.78 Å². The van der Waals surface area contributed by atoms with Gasteiger partial charge in [-0.2, -0.15) is 0 Å². The molecule has 1 atom stereocenters. The Balaban J connectivity index is 2.67. The topological polar surface area (TPSA) is 17.1 Å². The predicted octanol–water partition coefficient (Wildman–Crippen LogP) is 2.71. The van der Waals surface area contributed by atoms with E-state index >= 15 is 0 Å². The standard InChI is InChI=1S/C10H16O/c1-3-9-6-4-5-7-10(9)8(2)11/h3,10H,4-7H2,1-2H3/b9-3+. The maximum Gasteiger partial charge on any atom is 0.136 e. The van der Waals surface area contributed by atoms with Gasteiger partial charge in [-0.3, -0.25) is 4.79 Å². The summed E-state index contributed by atoms with van der Waals surface area (Å²) < 4.78 is 0. The van der Waals surface area contributed by atoms with E-state index in [1.165, 1.54) is 18.4 Å². The number of rotatable bonds is 1. The Bertz CT molecular complexity index is 179. The van der Waals surface area contributed by atoms with Crippen LogP contribution < -0.4 is 0 Å². The van der Waals surface area contributed by atoms with Crippen LogP contribution in [0.1, 0.15) is 39.5 Å². The van der Waals surface area contributed by atoms with Crippen molar-refractivity contribution in [3.63, 3.8) is 0 Å². The van der Waals surface area contributed by atoms with E-state index in [0.717, 1.165) is 12.8 Å². The van der Waals surface area contributed by atoms with Gasteiger partial charge in [0, 0.05) is 5.92 Å². The van der Waals surface area contributed by atoms with Crippen LogP contribution in [0.3, 0.4) is 0 Å². The molecule has 0 N–H and O–H groups in total. The molecule has 0 radical (unpaired) electrons. The molecule has 0 aromatic rings. The highest BCUT2D eigenvalue weighted by atomic mass is 16.1. The van der Waals surface area contributed by atoms with Crippen molar-refractivity contribution in [1.29, 1.82) is 0 Å². The number of carbonyl (C=O) groups excluding carboxylic acids is 1. The Hall–Kier alpha value is -0.590. The summed E-state index contributed by atoms with van der Waals surface area (Å²) in [6.07, 6.45) is 6.83. The van der Waals surface area contributed by atoms with E-state index in [2.05, 4.69) is 6.08 Å². The maximum absolute atomic E-state index is 11.1. The minimum atomic E-state index is 0.258. The average molecular weight is 152 g/mol. The van der Waals surface area contributed by atoms with Crippen molar-refractivity contribution in [3.05, 3.63) is 11.6 Å². The first-order chi connectivity index (χ1) is 5.25. The SMILES string of the molecule is C/C=C1\CCCCC1C(C)=O. The first kappa shape index (κ1) is 8.51. The van der Waals surface area contributed by atoms with E-state index in [-0.39, 0.29) is 5.92 Å². The van der Waals surface area contributed by atoms with Crippen molar-refractivity contribution in [1.82, 2.24) is 0 Å². The second-order valence-corrected chi connectivity index (χ2v) is 3.27. The van der Waals surface area contributed by atoms with Gasteiger partial charge in [-0.05, 0) is 33.1 Å². The summed E-state index contributed by atoms with van der Waals surface area (Å²) in [6.45, 7) is 3.75. The first-order valence-electron chi connectivity index (χ1n) is 4.41. The van der Waals surface area contributed by atoms with E-state index in [1.807, 2.05) is 6.92 Å². The fraction of sp³-hybridized carbons (Fsp3) is 0.700. The number of Topliss-reactive ketones (excluding diaryl/α,β-unsaturated/α-hetero) is 1. The average Bonchev–Trinajstić information content (AvgIpc) is 2.04. The second kappa shape index (κ2) is 3.70. The number of hydrogen-bond donors (Lipinski definition) is 0. The zero-order valence-corrected chi connectivity index (χ0v) is 7.39. The van der Waals surface area contributed by atoms with Gasteiger partial charge in [-0.15, -0.1) is 0 Å². The zero-order valence-electron chi connectivity index (χ0n) is 7.39. The van der Waals surface area contributed by atoms with Gasteiger partial charge in [0.15, 0.2) is 0 Å². The summed E-state index contributed by atoms with van der Waals surface area (Å²) in [5.41, 5.74) is 1.36. The molecule has 0 spiro atoms. The lowest BCUT2D eigenvalue weighted by Crippen LogP contribution is -2.17. The van der Waals surface area contributed by atoms with Crippen LogP contribution in [0.15, 0.2) is 11.6 Å². The zero-order chi connectivity index (χ0) is 8.27. The molecule has 1 heteroatoms. The highest BCUT2D eigenvalue weighted by molar-refractivity contribution is 5.81. The van der Waals surface area contributed by atoms with Crippen LogP contribution in [-0.2, 0) is 4.79 Å². The number of allylic oxidation sites excluding steroid dienone is 2. The van der Waals surface area contributed by atoms with Gasteiger partial charge in [-0.1, -0.05) is 18.1 Å². The third-order valence-electron chi connectivity index (χ3n) is 2.52. The summed E-state index contributed by atoms with van der Waals surface area (Å²) in [7, 11) is 0. The molecule has 0 saturated heterocycles. The molecule has 62 valence electrons. The van der Waals surface area contributed by atoms with Gasteiger partial charge >= 0.3 is 0 Å². The fourth-order valence-corrected chi connectivity index (χ4v) is 1.85. The first-order valence-corrected chi connectivity index (χ1v) is 4.41. The third kappa shape index (κ3) is 1.92. The Morgan fingerprint density at radius 3 is 2.73 bits per heavy atom. The molecule has 1 aliphatic rings. The van der Waals surface area contributed by atoms with Gasteiger partial charge in [-0.25, -0.2) is 0 Å². The maximum atomic E-state index is 11.1. The summed E-state index contributed by atoms with van der Waals surface area (Å²) in [4.78, 5) is 11.1. The van der Waals surface area contributed by atoms with Crippen LogP contribution in [0.4, 0.5) is 0 Å². The number of hydrogen-bond acceptors (Lipinski definition) is 1. The van der Waals surface area contributed by atoms with Gasteiger partial charge < -0.3 is 0 Å². The largest absolute Gasteiger partial charge is 0.299 e. The van der Waals surface area contributed by atoms with Gasteiger partial charge in [0.05, 0.1) is 0 Å². The quantitative estimate of drug-likeness (QED) is 0.528. The minimum Gasteiger partial charge on any atom is -0.299 e. The van der Waals surface area contributed by atoms with Gasteiger partial charge in [0.25, 0.3) is 0 Å². The van der Waals surface area contributed by atoms with Gasteiger partial charge in [0.1, 0.15) is 5.78 Å². The van der Waals surface area contributed by atoms with E-state index in [1.54, 1.807) is 6.92 Å². The molecule has 11 heavy (non-hydrogen) atoms. The molecule has 0 aliphatic heterocycles. The normalized spacial score (nSPS) is 28.9. The van der Waals surface area contributed by atoms with Crippen LogP contribution in [0, 0.1) is 5.92 Å². The van der Waals surface area contributed by atoms with Crippen LogP contribution in [0.2, 0.25) is 0 Å². The van der Waals surface area contributed by atoms with Crippen molar-refractivity contribution in [3.8, 4) is 0 Å². The molecular formula is C10H16O. The number of carbonyl (C=O) groups is 1. The Kier molecular flexibility index (Phi) is 2.86. The molecule has 0 bridgehead atoms. The van der Waals surface area contributed by atoms with Crippen LogP contribution >= 0.6 is 0 Å². The van der Waals surface area contributed by atoms with Crippen LogP contribution in [0.5, 0.6) is 0 Å². The predicted molar refractivity (Wildman–Crippen MR) is 46.4 cm³/mol. The molecule has 1 unspecified atom stereocenters. The van der Waals surface area contributed by atoms with E-state index in [4.69, 9.17) is 0 Å². The molecule has 1 saturated carbocycles. The highest BCUT2D eigenvalue weighted by Crippen LogP contribution is 2.29. The van der Waals surface area contributed by atoms with Crippen molar-refractivity contribution < 1.29 is 4.79 Å². The fourth-order valence-electron chi connectivity index (χ4n) is 1.85. The highest BCUT2D eigenvalue weighted by Gasteiger charge is 2.21. The van der Waals surface area contributed by atoms with Gasteiger partial charge in [0.2, 0.25) is 0 Å². The summed E-state index contributed by atoms with van der Waals surface area (Å²) in [6, 6.07) is 0. The summed E-state index contributed by atoms with van der Waals surface area (Å²) in [5, 5.41) is 0. The molecule has 0 heterocycles. The van der Waals surface area contributed by atoms with Crippen molar-refractivity contribution in [2.75, 3.05) is 0 Å². The molecular weight excluding hydrogens is 136 g/mol. The molecule has 1 nitrogen and oxygen atoms in total. The minimum absolute atomic E-state index is 0.258. The molecule has 0 aromatic heterocycles. The summed E-state index contributed by atoms with van der Waals surface area (Å²) >= 11 is 0. The molecule has 0 amide bonds. The Morgan fingerprint density at radius 2 is 2.27 bits per heavy atom. The lowest BCUT2D eigenvalue weighted by molar-refractivity contribution is -0.120. The van der Waals surface area contributed by atoms with Crippen molar-refractivity contribution in [2.24, 2.45) is 5.92 Å². The van der Waals surface area contributed by atoms with Crippen LogP contribution in [0.25, 0.3) is 0 Å². The second-order valence-electron chi connectivity index (χ2n) is 3.27. The smallest absolute Gasteiger partial charge is 0.136 e. The monoisotopic (exact) mass is 152 g/mol. The Morgan fingerprint density at radius 1 is 1.55 bits per heavy atom. The van der Waals surface area contributed by atoms with Crippen molar-refractivity contribution >= 4 is 5.78 Å². The number of ketones is 1. The third-order valence-corrected chi connectivity index (χ3v) is 2.52. The Labute approximate surface area is 68.5 Å². The van der Waals surface area contributed by atoms with E-state index in [9.17, 15) is 4.79 Å². The van der Waals surface area contributed by atoms with E-state index in [0.29, 0.717) is 5.78 Å². The molecule has 1 aliphatic carbocycles. The van der Waals surface area contributed by atoms with Crippen molar-refractivity contribution in [2.45, 2.75) is 39.5 Å². The summed E-state index contributed by atoms with van der Waals surface area (Å²) in [5.74, 6) is 0.603. The lowest BCUT2D eigenvalue weighted by Gasteiger charge is -2.22. The lowest BCUT2D eigenvalue weighted by atomic mass is 9.82. The molecule has 0 aromatic carbocycles. The molecule has 1 rings (SSSR count).